The highest BCUT2D eigenvalue weighted by molar-refractivity contribution is 6.32. The lowest BCUT2D eigenvalue weighted by atomic mass is 9.83. The Morgan fingerprint density at radius 3 is 0.774 bits per heavy atom. The summed E-state index contributed by atoms with van der Waals surface area (Å²) in [7, 11) is 0. The zero-order valence-electron chi connectivity index (χ0n) is 84.1. The summed E-state index contributed by atoms with van der Waals surface area (Å²) in [6, 6.07) is 142. The minimum atomic E-state index is 0.501. The normalized spacial score (nSPS) is 13.2. The van der Waals surface area contributed by atoms with Crippen molar-refractivity contribution in [3.8, 4) is 34.6 Å². The van der Waals surface area contributed by atoms with E-state index in [9.17, 15) is 0 Å². The van der Waals surface area contributed by atoms with E-state index < -0.39 is 0 Å². The highest BCUT2D eigenvalue weighted by atomic mass is 14.9. The Morgan fingerprint density at radius 1 is 0.212 bits per heavy atom. The highest BCUT2D eigenvalue weighted by Gasteiger charge is 2.29. The van der Waals surface area contributed by atoms with Gasteiger partial charge in [-0.15, -0.1) is 6.42 Å². The lowest BCUT2D eigenvalue weighted by Crippen LogP contribution is -2.04. The van der Waals surface area contributed by atoms with Crippen LogP contribution in [0.3, 0.4) is 0 Å². The van der Waals surface area contributed by atoms with Gasteiger partial charge in [0.15, 0.2) is 0 Å². The van der Waals surface area contributed by atoms with Crippen molar-refractivity contribution in [2.45, 2.75) is 131 Å². The summed E-state index contributed by atoms with van der Waals surface area (Å²) < 4.78 is 10.0. The molecule has 8 heterocycles. The van der Waals surface area contributed by atoms with Crippen molar-refractivity contribution in [3.63, 3.8) is 0 Å². The van der Waals surface area contributed by atoms with Crippen LogP contribution >= 0.6 is 0 Å². The summed E-state index contributed by atoms with van der Waals surface area (Å²) in [5.41, 5.74) is 31.4. The number of fused-ring (bicyclic) bond motifs is 33. The Bertz CT molecular complexity index is 10500. The van der Waals surface area contributed by atoms with Crippen molar-refractivity contribution in [1.82, 2.24) is 17.6 Å². The number of terminal acetylenes is 1. The van der Waals surface area contributed by atoms with Crippen LogP contribution in [-0.4, -0.2) is 17.6 Å². The van der Waals surface area contributed by atoms with Crippen LogP contribution in [0.25, 0.3) is 272 Å². The van der Waals surface area contributed by atoms with Crippen LogP contribution in [-0.2, 0) is 0 Å². The topological polar surface area (TPSA) is 17.6 Å². The fourth-order valence-corrected chi connectivity index (χ4v) is 26.1. The van der Waals surface area contributed by atoms with Gasteiger partial charge in [-0.2, -0.15) is 0 Å². The molecule has 0 amide bonds. The first-order valence-corrected chi connectivity index (χ1v) is 52.8. The molecule has 0 unspecified atom stereocenters. The average molecular weight is 1870 g/mol. The molecule has 0 bridgehead atoms. The van der Waals surface area contributed by atoms with Gasteiger partial charge < -0.3 is 17.6 Å². The molecule has 1 aliphatic rings. The molecule has 1 fully saturated rings. The molecule has 0 radical (unpaired) electrons. The molecule has 696 valence electrons. The number of aromatic nitrogens is 4. The maximum absolute atomic E-state index is 5.84. The third-order valence-corrected chi connectivity index (χ3v) is 33.5. The van der Waals surface area contributed by atoms with E-state index in [0.29, 0.717) is 29.6 Å². The van der Waals surface area contributed by atoms with Crippen LogP contribution in [0.15, 0.2) is 376 Å². The second-order valence-corrected chi connectivity index (χ2v) is 43.8. The summed E-state index contributed by atoms with van der Waals surface area (Å²) in [5, 5.41) is 44.6. The molecule has 1 aliphatic carbocycles. The quantitative estimate of drug-likeness (QED) is 0.142. The minimum absolute atomic E-state index is 0.501. The summed E-state index contributed by atoms with van der Waals surface area (Å²) in [6.45, 7) is 22.6. The first-order valence-electron chi connectivity index (χ1n) is 52.8. The number of benzene rings is 23. The fraction of sp³-hybridized carbons (Fsp3) is 0.141. The molecule has 8 aromatic heterocycles. The van der Waals surface area contributed by atoms with E-state index in [2.05, 4.69) is 469 Å². The molecule has 146 heavy (non-hydrogen) atoms. The molecule has 23 aromatic carbocycles. The fourth-order valence-electron chi connectivity index (χ4n) is 26.1. The molecule has 1 saturated carbocycles. The van der Waals surface area contributed by atoms with Crippen LogP contribution in [0.2, 0.25) is 0 Å². The summed E-state index contributed by atoms with van der Waals surface area (Å²) in [6.07, 6.45) is 12.6. The Balaban J connectivity index is 0.0000000931. The number of hydrogen-bond acceptors (Lipinski definition) is 0. The van der Waals surface area contributed by atoms with Crippen molar-refractivity contribution in [1.29, 1.82) is 0 Å². The summed E-state index contributed by atoms with van der Waals surface area (Å²) >= 11 is 0. The minimum Gasteiger partial charge on any atom is -0.308 e. The van der Waals surface area contributed by atoms with E-state index in [0.717, 1.165) is 5.56 Å². The van der Waals surface area contributed by atoms with E-state index in [1.807, 2.05) is 0 Å². The molecule has 0 spiro atoms. The Hall–Kier alpha value is -16.8. The number of hydrogen-bond donors (Lipinski definition) is 0. The molecule has 4 nitrogen and oxygen atoms in total. The van der Waals surface area contributed by atoms with Gasteiger partial charge in [0.25, 0.3) is 0 Å². The third kappa shape index (κ3) is 13.3. The van der Waals surface area contributed by atoms with Crippen LogP contribution in [0.4, 0.5) is 0 Å². The Kier molecular flexibility index (Phi) is 19.2. The highest BCUT2D eigenvalue weighted by Crippen LogP contribution is 2.52. The second-order valence-electron chi connectivity index (χ2n) is 43.8. The maximum Gasteiger partial charge on any atom is 0.0621 e. The van der Waals surface area contributed by atoms with Crippen LogP contribution in [0.1, 0.15) is 162 Å². The van der Waals surface area contributed by atoms with Gasteiger partial charge in [-0.3, -0.25) is 0 Å². The Morgan fingerprint density at radius 2 is 0.466 bits per heavy atom. The molecule has 32 rings (SSSR count). The van der Waals surface area contributed by atoms with E-state index in [-0.39, 0.29) is 0 Å². The number of aryl methyl sites for hydroxylation is 2. The first-order chi connectivity index (χ1) is 71.3. The maximum atomic E-state index is 5.84. The van der Waals surface area contributed by atoms with Crippen LogP contribution in [0, 0.1) is 26.2 Å². The van der Waals surface area contributed by atoms with Gasteiger partial charge in [0, 0.05) is 91.7 Å². The number of nitrogens with zero attached hydrogens (tertiary/aromatic N) is 4. The first kappa shape index (κ1) is 85.9. The average Bonchev–Trinajstić information content (AvgIpc) is 1.54. The molecule has 0 saturated heterocycles. The Labute approximate surface area is 846 Å². The van der Waals surface area contributed by atoms with E-state index in [1.54, 1.807) is 5.56 Å². The summed E-state index contributed by atoms with van der Waals surface area (Å²) in [5.74, 6) is 5.58. The molecule has 0 N–H and O–H groups in total. The van der Waals surface area contributed by atoms with E-state index in [4.69, 9.17) is 6.42 Å². The molecule has 0 atom stereocenters. The van der Waals surface area contributed by atoms with E-state index >= 15 is 0 Å². The van der Waals surface area contributed by atoms with Gasteiger partial charge in [0.1, 0.15) is 0 Å². The lowest BCUT2D eigenvalue weighted by Gasteiger charge is -2.22. The van der Waals surface area contributed by atoms with Crippen LogP contribution < -0.4 is 0 Å². The predicted octanol–water partition coefficient (Wildman–Crippen LogP) is 40.2. The van der Waals surface area contributed by atoms with Gasteiger partial charge >= 0.3 is 0 Å². The van der Waals surface area contributed by atoms with Crippen molar-refractivity contribution in [2.75, 3.05) is 0 Å². The molecule has 31 aromatic rings. The lowest BCUT2D eigenvalue weighted by molar-refractivity contribution is 0.444. The zero-order chi connectivity index (χ0) is 97.8. The monoisotopic (exact) mass is 1870 g/mol. The molecule has 0 aliphatic heterocycles. The SMILES string of the molecule is C#Cc1cc2c3cc4ccccc4cc3n3c4cc5ccccc5cc4c(c1)c23.CC(C)c1ccc2cc3c(cc2c1)c1cc(-c2cccc4ccccc24)cc2c4cc5cc(C(C)C)ccc5cc4n3c12.Cc1cc(C)cc(-c2cc3c4cc5cc(C(C)C)ccc5cc4n4c5cc6ccc(C(C)C)cc6cc5c(c2)c34)c1.c1ccc2cc3c(cc2c1)c1cc(C2CCCCC2)cc2c4cc5ccccc5cc4n3c12. The van der Waals surface area contributed by atoms with Gasteiger partial charge in [-0.25, -0.2) is 0 Å². The smallest absolute Gasteiger partial charge is 0.0621 e. The van der Waals surface area contributed by atoms with Crippen molar-refractivity contribution >= 4 is 249 Å². The molecule has 4 heteroatoms. The van der Waals surface area contributed by atoms with Gasteiger partial charge in [-0.05, 0) is 349 Å². The summed E-state index contributed by atoms with van der Waals surface area (Å²) in [4.78, 5) is 0. The second kappa shape index (κ2) is 32.6. The van der Waals surface area contributed by atoms with Crippen LogP contribution in [0.5, 0.6) is 0 Å². The van der Waals surface area contributed by atoms with Crippen molar-refractivity contribution < 1.29 is 0 Å². The standard InChI is InChI=1S/C42H33N.C40H35N.C32H25N.C28H15N/c1-24(2)27-12-14-29-22-40-36(18-31(29)16-27)38-20-33(35-11-7-9-26-8-5-6-10-34(26)35)21-39-37-19-32-17-28(25(3)4)13-15-30(32)23-41(37)43(40)42(38)39;1-22(2)26-7-9-28-20-38-34(16-31(28)14-26)36-18-33(30-12-24(5)11-25(6)13-30)19-37-35-17-32-15-27(23(3)4)8-10-29(32)21-39(35)41(38)40(36)37;1-2-8-20(9-3-1)25-16-28-26-14-21-10-4-6-12-23(21)18-30(26)33-31-19-24-13-7-5-11-22(24)15-27(31)29(17-25)32(28)33;1-2-17-11-24-22-13-18-7-3-5-9-20(18)15-26(22)29-27-16-21-10-6-4-8-19(21)14-23(27)25(12-17)28(24)29/h5-25H,1-4H3;7-23H,1-6H3;4-7,10-20H,1-3,8-9H2;1,3-16H. The largest absolute Gasteiger partial charge is 0.308 e. The molecular weight excluding hydrogens is 1760 g/mol. The zero-order valence-corrected chi connectivity index (χ0v) is 84.1. The predicted molar refractivity (Wildman–Crippen MR) is 632 cm³/mol. The van der Waals surface area contributed by atoms with Crippen molar-refractivity contribution in [3.05, 3.63) is 421 Å². The third-order valence-electron chi connectivity index (χ3n) is 33.5. The molecular formula is C142H108N4. The van der Waals surface area contributed by atoms with Gasteiger partial charge in [0.2, 0.25) is 0 Å². The van der Waals surface area contributed by atoms with Gasteiger partial charge in [0.05, 0.1) is 66.2 Å². The van der Waals surface area contributed by atoms with E-state index in [1.165, 1.54) is 337 Å². The number of rotatable bonds is 7. The van der Waals surface area contributed by atoms with Crippen molar-refractivity contribution in [2.24, 2.45) is 0 Å². The van der Waals surface area contributed by atoms with Gasteiger partial charge in [-0.1, -0.05) is 322 Å².